The first-order valence-corrected chi connectivity index (χ1v) is 11.1. The molecule has 0 N–H and O–H groups in total. The molecule has 4 aromatic rings. The summed E-state index contributed by atoms with van der Waals surface area (Å²) in [5.74, 6) is 2.25. The van der Waals surface area contributed by atoms with Crippen LogP contribution in [0, 0.1) is 11.3 Å². The molecule has 0 amide bonds. The van der Waals surface area contributed by atoms with Crippen LogP contribution in [0.4, 0.5) is 5.82 Å². The lowest BCUT2D eigenvalue weighted by atomic mass is 10.1. The third-order valence-electron chi connectivity index (χ3n) is 6.11. The number of nitriles is 1. The molecule has 0 spiro atoms. The Balaban J connectivity index is 1.29. The van der Waals surface area contributed by atoms with Gasteiger partial charge in [0.2, 0.25) is 5.88 Å². The summed E-state index contributed by atoms with van der Waals surface area (Å²) in [5, 5.41) is 13.8. The highest BCUT2D eigenvalue weighted by Gasteiger charge is 2.19. The summed E-state index contributed by atoms with van der Waals surface area (Å²) >= 11 is 0. The van der Waals surface area contributed by atoms with Crippen LogP contribution >= 0.6 is 0 Å². The Labute approximate surface area is 197 Å². The molecule has 172 valence electrons. The molecule has 0 unspecified atom stereocenters. The summed E-state index contributed by atoms with van der Waals surface area (Å²) in [7, 11) is 3.24. The van der Waals surface area contributed by atoms with Gasteiger partial charge in [0.15, 0.2) is 0 Å². The van der Waals surface area contributed by atoms with Crippen LogP contribution in [0.15, 0.2) is 55.1 Å². The predicted molar refractivity (Wildman–Crippen MR) is 128 cm³/mol. The number of nitrogens with zero attached hydrogens (tertiary/aromatic N) is 7. The molecule has 5 heterocycles. The minimum absolute atomic E-state index is 0.518. The molecule has 1 saturated heterocycles. The monoisotopic (exact) mass is 455 g/mol. The largest absolute Gasteiger partial charge is 0.495 e. The number of piperazine rings is 1. The van der Waals surface area contributed by atoms with Gasteiger partial charge in [-0.1, -0.05) is 6.07 Å². The zero-order chi connectivity index (χ0) is 23.5. The number of aromatic nitrogens is 4. The van der Waals surface area contributed by atoms with Crippen molar-refractivity contribution in [3.05, 3.63) is 66.2 Å². The molecule has 5 rings (SSSR count). The smallest absolute Gasteiger partial charge is 0.212 e. The SMILES string of the molecule is COc1cc(-c2ccc(N3CCN(Cc4ccc(OC)nc4)CC3)nc2)c2c(C#N)cnn2c1. The van der Waals surface area contributed by atoms with Crippen molar-refractivity contribution in [3.8, 4) is 28.8 Å². The Morgan fingerprint density at radius 3 is 2.47 bits per heavy atom. The Kier molecular flexibility index (Phi) is 5.97. The second kappa shape index (κ2) is 9.37. The summed E-state index contributed by atoms with van der Waals surface area (Å²) in [5.41, 5.74) is 4.23. The lowest BCUT2D eigenvalue weighted by Crippen LogP contribution is -2.46. The van der Waals surface area contributed by atoms with Crippen molar-refractivity contribution in [2.24, 2.45) is 0 Å². The van der Waals surface area contributed by atoms with Crippen molar-refractivity contribution in [2.45, 2.75) is 6.54 Å². The number of pyridine rings is 3. The summed E-state index contributed by atoms with van der Waals surface area (Å²) < 4.78 is 12.2. The van der Waals surface area contributed by atoms with Gasteiger partial charge >= 0.3 is 0 Å². The molecule has 9 heteroatoms. The molecule has 0 aliphatic carbocycles. The van der Waals surface area contributed by atoms with Gasteiger partial charge in [0.25, 0.3) is 0 Å². The number of rotatable bonds is 6. The Bertz CT molecular complexity index is 1320. The highest BCUT2D eigenvalue weighted by molar-refractivity contribution is 5.85. The van der Waals surface area contributed by atoms with Gasteiger partial charge in [-0.15, -0.1) is 0 Å². The van der Waals surface area contributed by atoms with Gasteiger partial charge in [0.05, 0.1) is 37.7 Å². The molecule has 0 aromatic carbocycles. The zero-order valence-corrected chi connectivity index (χ0v) is 19.2. The lowest BCUT2D eigenvalue weighted by molar-refractivity contribution is 0.249. The van der Waals surface area contributed by atoms with Gasteiger partial charge in [0, 0.05) is 62.3 Å². The van der Waals surface area contributed by atoms with Crippen molar-refractivity contribution in [1.29, 1.82) is 5.26 Å². The number of methoxy groups -OCH3 is 2. The Morgan fingerprint density at radius 1 is 0.971 bits per heavy atom. The van der Waals surface area contributed by atoms with Crippen LogP contribution in [0.5, 0.6) is 11.6 Å². The first-order valence-electron chi connectivity index (χ1n) is 11.1. The maximum atomic E-state index is 9.50. The molecule has 1 aliphatic rings. The van der Waals surface area contributed by atoms with Crippen molar-refractivity contribution in [1.82, 2.24) is 24.5 Å². The highest BCUT2D eigenvalue weighted by atomic mass is 16.5. The van der Waals surface area contributed by atoms with E-state index in [1.54, 1.807) is 31.1 Å². The molecule has 34 heavy (non-hydrogen) atoms. The molecule has 0 saturated carbocycles. The molecule has 4 aromatic heterocycles. The van der Waals surface area contributed by atoms with E-state index >= 15 is 0 Å². The van der Waals surface area contributed by atoms with Crippen molar-refractivity contribution in [3.63, 3.8) is 0 Å². The van der Waals surface area contributed by atoms with Crippen molar-refractivity contribution in [2.75, 3.05) is 45.3 Å². The summed E-state index contributed by atoms with van der Waals surface area (Å²) in [6.07, 6.45) is 7.07. The molecule has 1 fully saturated rings. The molecular weight excluding hydrogens is 430 g/mol. The minimum atomic E-state index is 0.518. The molecule has 0 bridgehead atoms. The van der Waals surface area contributed by atoms with E-state index in [2.05, 4.69) is 32.0 Å². The number of hydrogen-bond donors (Lipinski definition) is 0. The van der Waals surface area contributed by atoms with Gasteiger partial charge in [-0.25, -0.2) is 14.5 Å². The zero-order valence-electron chi connectivity index (χ0n) is 19.2. The Morgan fingerprint density at radius 2 is 1.82 bits per heavy atom. The van der Waals surface area contributed by atoms with Gasteiger partial charge in [-0.3, -0.25) is 4.90 Å². The molecule has 9 nitrogen and oxygen atoms in total. The van der Waals surface area contributed by atoms with E-state index < -0.39 is 0 Å². The van der Waals surface area contributed by atoms with Gasteiger partial charge in [-0.05, 0) is 23.8 Å². The highest BCUT2D eigenvalue weighted by Crippen LogP contribution is 2.31. The maximum Gasteiger partial charge on any atom is 0.212 e. The van der Waals surface area contributed by atoms with E-state index in [0.717, 1.165) is 55.2 Å². The van der Waals surface area contributed by atoms with Crippen LogP contribution in [-0.2, 0) is 6.54 Å². The minimum Gasteiger partial charge on any atom is -0.495 e. The number of anilines is 1. The number of fused-ring (bicyclic) bond motifs is 1. The van der Waals surface area contributed by atoms with Crippen LogP contribution in [0.2, 0.25) is 0 Å². The number of hydrogen-bond acceptors (Lipinski definition) is 8. The van der Waals surface area contributed by atoms with E-state index in [0.29, 0.717) is 17.2 Å². The van der Waals surface area contributed by atoms with Crippen LogP contribution in [0.25, 0.3) is 16.6 Å². The van der Waals surface area contributed by atoms with E-state index in [-0.39, 0.29) is 0 Å². The van der Waals surface area contributed by atoms with E-state index in [4.69, 9.17) is 14.5 Å². The topological polar surface area (TPSA) is 91.8 Å². The Hall–Kier alpha value is -4.16. The summed E-state index contributed by atoms with van der Waals surface area (Å²) in [6, 6.07) is 12.2. The third-order valence-corrected chi connectivity index (χ3v) is 6.11. The quantitative estimate of drug-likeness (QED) is 0.438. The second-order valence-electron chi connectivity index (χ2n) is 8.13. The predicted octanol–water partition coefficient (Wildman–Crippen LogP) is 3.00. The van der Waals surface area contributed by atoms with Gasteiger partial charge < -0.3 is 14.4 Å². The molecular formula is C25H25N7O2. The van der Waals surface area contributed by atoms with E-state index in [1.807, 2.05) is 36.7 Å². The number of ether oxygens (including phenoxy) is 2. The van der Waals surface area contributed by atoms with Gasteiger partial charge in [0.1, 0.15) is 17.6 Å². The summed E-state index contributed by atoms with van der Waals surface area (Å²) in [4.78, 5) is 13.8. The standard InChI is InChI=1S/C25H25N7O2/c1-33-21-11-22(25-20(12-26)15-29-32(25)17-21)19-4-5-23(27-14-19)31-9-7-30(8-10-31)16-18-3-6-24(34-2)28-13-18/h3-6,11,13-15,17H,7-10,16H2,1-2H3. The molecule has 0 radical (unpaired) electrons. The van der Waals surface area contributed by atoms with Crippen LogP contribution in [0.3, 0.4) is 0 Å². The fourth-order valence-electron chi connectivity index (χ4n) is 4.26. The van der Waals surface area contributed by atoms with Crippen molar-refractivity contribution >= 4 is 11.3 Å². The maximum absolute atomic E-state index is 9.50. The van der Waals surface area contributed by atoms with E-state index in [1.165, 1.54) is 5.56 Å². The fraction of sp³-hybridized carbons (Fsp3) is 0.280. The normalized spacial score (nSPS) is 14.2. The first-order chi connectivity index (χ1) is 16.7. The van der Waals surface area contributed by atoms with Crippen LogP contribution in [0.1, 0.15) is 11.1 Å². The second-order valence-corrected chi connectivity index (χ2v) is 8.13. The first kappa shape index (κ1) is 21.7. The van der Waals surface area contributed by atoms with Crippen molar-refractivity contribution < 1.29 is 9.47 Å². The fourth-order valence-corrected chi connectivity index (χ4v) is 4.26. The molecule has 1 aliphatic heterocycles. The third kappa shape index (κ3) is 4.23. The average Bonchev–Trinajstić information content (AvgIpc) is 3.32. The summed E-state index contributed by atoms with van der Waals surface area (Å²) in [6.45, 7) is 4.58. The van der Waals surface area contributed by atoms with Crippen LogP contribution < -0.4 is 14.4 Å². The van der Waals surface area contributed by atoms with Crippen LogP contribution in [-0.4, -0.2) is 64.9 Å². The average molecular weight is 456 g/mol. The lowest BCUT2D eigenvalue weighted by Gasteiger charge is -2.35. The molecule has 0 atom stereocenters. The van der Waals surface area contributed by atoms with E-state index in [9.17, 15) is 5.26 Å². The van der Waals surface area contributed by atoms with Gasteiger partial charge in [-0.2, -0.15) is 10.4 Å².